The molecular weight excluding hydrogens is 377 g/mol. The highest BCUT2D eigenvalue weighted by molar-refractivity contribution is 6.38. The second-order valence-corrected chi connectivity index (χ2v) is 6.96. The highest BCUT2D eigenvalue weighted by Gasteiger charge is 2.15. The maximum atomic E-state index is 12.2. The van der Waals surface area contributed by atoms with Gasteiger partial charge in [-0.15, -0.1) is 0 Å². The van der Waals surface area contributed by atoms with Crippen LogP contribution in [0, 0.1) is 6.92 Å². The fraction of sp³-hybridized carbons (Fsp3) is 0.263. The molecule has 2 aromatic rings. The number of carbonyl (C=O) groups is 2. The molecule has 7 heteroatoms. The average Bonchev–Trinajstić information content (AvgIpc) is 2.54. The molecule has 0 bridgehead atoms. The van der Waals surface area contributed by atoms with E-state index < -0.39 is 11.9 Å². The van der Waals surface area contributed by atoms with Gasteiger partial charge in [0.1, 0.15) is 5.75 Å². The summed E-state index contributed by atoms with van der Waals surface area (Å²) < 4.78 is 5.66. The van der Waals surface area contributed by atoms with E-state index in [9.17, 15) is 9.59 Å². The summed E-state index contributed by atoms with van der Waals surface area (Å²) in [6.45, 7) is 5.79. The summed E-state index contributed by atoms with van der Waals surface area (Å²) in [4.78, 5) is 23.3. The van der Waals surface area contributed by atoms with Gasteiger partial charge in [0.2, 0.25) is 0 Å². The minimum absolute atomic E-state index is 0.00177. The molecule has 0 spiro atoms. The average molecular weight is 396 g/mol. The number of rotatable bonds is 6. The number of carboxylic acids is 1. The molecule has 0 fully saturated rings. The normalized spacial score (nSPS) is 10.7. The molecule has 0 aliphatic carbocycles. The van der Waals surface area contributed by atoms with Gasteiger partial charge >= 0.3 is 5.97 Å². The van der Waals surface area contributed by atoms with Crippen LogP contribution in [-0.2, 0) is 4.79 Å². The Kier molecular flexibility index (Phi) is 6.51. The van der Waals surface area contributed by atoms with Crippen LogP contribution in [0.3, 0.4) is 0 Å². The van der Waals surface area contributed by atoms with E-state index in [0.717, 1.165) is 11.1 Å². The molecule has 5 nitrogen and oxygen atoms in total. The topological polar surface area (TPSA) is 75.6 Å². The number of hydrogen-bond acceptors (Lipinski definition) is 3. The summed E-state index contributed by atoms with van der Waals surface area (Å²) in [7, 11) is 0. The van der Waals surface area contributed by atoms with E-state index in [1.54, 1.807) is 0 Å². The van der Waals surface area contributed by atoms with E-state index in [2.05, 4.69) is 5.32 Å². The van der Waals surface area contributed by atoms with Gasteiger partial charge < -0.3 is 15.2 Å². The zero-order valence-electron chi connectivity index (χ0n) is 14.6. The Morgan fingerprint density at radius 3 is 2.46 bits per heavy atom. The van der Waals surface area contributed by atoms with Crippen molar-refractivity contribution in [2.75, 3.05) is 11.9 Å². The van der Waals surface area contributed by atoms with Crippen molar-refractivity contribution >= 4 is 40.8 Å². The van der Waals surface area contributed by atoms with Gasteiger partial charge in [-0.2, -0.15) is 0 Å². The monoisotopic (exact) mass is 395 g/mol. The van der Waals surface area contributed by atoms with E-state index in [4.69, 9.17) is 33.0 Å². The molecular formula is C19H19Cl2NO4. The number of carboxylic acid groups (broad SMARTS) is 1. The van der Waals surface area contributed by atoms with Crippen molar-refractivity contribution in [1.29, 1.82) is 0 Å². The van der Waals surface area contributed by atoms with Crippen LogP contribution in [0.1, 0.15) is 41.3 Å². The molecule has 2 aromatic carbocycles. The number of anilines is 1. The summed E-state index contributed by atoms with van der Waals surface area (Å²) in [6.07, 6.45) is 0. The predicted molar refractivity (Wildman–Crippen MR) is 103 cm³/mol. The van der Waals surface area contributed by atoms with Crippen LogP contribution < -0.4 is 10.1 Å². The summed E-state index contributed by atoms with van der Waals surface area (Å²) in [5, 5.41) is 11.8. The van der Waals surface area contributed by atoms with Crippen molar-refractivity contribution in [1.82, 2.24) is 0 Å². The Bertz CT molecular complexity index is 850. The lowest BCUT2D eigenvalue weighted by Crippen LogP contribution is -2.21. The molecule has 0 saturated carbocycles. The van der Waals surface area contributed by atoms with Crippen molar-refractivity contribution in [2.45, 2.75) is 26.7 Å². The molecule has 0 heterocycles. The second-order valence-electron chi connectivity index (χ2n) is 6.15. The van der Waals surface area contributed by atoms with Crippen molar-refractivity contribution in [3.8, 4) is 5.75 Å². The fourth-order valence-electron chi connectivity index (χ4n) is 2.38. The van der Waals surface area contributed by atoms with Crippen LogP contribution in [0.25, 0.3) is 0 Å². The highest BCUT2D eigenvalue weighted by atomic mass is 35.5. The van der Waals surface area contributed by atoms with Crippen molar-refractivity contribution < 1.29 is 19.4 Å². The lowest BCUT2D eigenvalue weighted by molar-refractivity contribution is -0.118. The third-order valence-corrected chi connectivity index (χ3v) is 4.34. The van der Waals surface area contributed by atoms with Crippen molar-refractivity contribution in [3.05, 3.63) is 57.1 Å². The minimum Gasteiger partial charge on any atom is -0.483 e. The highest BCUT2D eigenvalue weighted by Crippen LogP contribution is 2.30. The molecule has 1 amide bonds. The van der Waals surface area contributed by atoms with Gasteiger partial charge in [-0.3, -0.25) is 4.79 Å². The third kappa shape index (κ3) is 4.90. The SMILES string of the molecule is Cc1ccc(C(C)C)c(OCC(=O)Nc2cc(C(=O)O)c(Cl)cc2Cl)c1. The van der Waals surface area contributed by atoms with Crippen LogP contribution in [0.15, 0.2) is 30.3 Å². The molecule has 0 aliphatic rings. The Balaban J connectivity index is 2.12. The van der Waals surface area contributed by atoms with Gasteiger partial charge in [-0.05, 0) is 42.2 Å². The Morgan fingerprint density at radius 2 is 1.85 bits per heavy atom. The predicted octanol–water partition coefficient (Wildman–Crippen LogP) is 5.14. The molecule has 2 N–H and O–H groups in total. The number of amides is 1. The molecule has 0 aromatic heterocycles. The molecule has 0 saturated heterocycles. The van der Waals surface area contributed by atoms with Gasteiger partial charge in [-0.1, -0.05) is 49.2 Å². The number of halogens is 2. The van der Waals surface area contributed by atoms with E-state index in [1.807, 2.05) is 39.0 Å². The number of benzene rings is 2. The summed E-state index contributed by atoms with van der Waals surface area (Å²) >= 11 is 11.9. The molecule has 2 rings (SSSR count). The molecule has 26 heavy (non-hydrogen) atoms. The van der Waals surface area contributed by atoms with Gasteiger partial charge in [0.15, 0.2) is 6.61 Å². The lowest BCUT2D eigenvalue weighted by Gasteiger charge is -2.15. The number of aryl methyl sites for hydroxylation is 1. The van der Waals surface area contributed by atoms with E-state index in [1.165, 1.54) is 12.1 Å². The van der Waals surface area contributed by atoms with Crippen molar-refractivity contribution in [2.24, 2.45) is 0 Å². The van der Waals surface area contributed by atoms with Crippen LogP contribution in [-0.4, -0.2) is 23.6 Å². The second kappa shape index (κ2) is 8.43. The standard InChI is InChI=1S/C19H19Cl2NO4/c1-10(2)12-5-4-11(3)6-17(12)26-9-18(23)22-16-7-13(19(24)25)14(20)8-15(16)21/h4-8,10H,9H2,1-3H3,(H,22,23)(H,24,25). The molecule has 0 aliphatic heterocycles. The van der Waals surface area contributed by atoms with Gasteiger partial charge in [0.25, 0.3) is 5.91 Å². The van der Waals surface area contributed by atoms with Gasteiger partial charge in [0.05, 0.1) is 21.3 Å². The first-order chi connectivity index (χ1) is 12.2. The zero-order chi connectivity index (χ0) is 19.4. The van der Waals surface area contributed by atoms with Crippen LogP contribution in [0.4, 0.5) is 5.69 Å². The number of aromatic carboxylic acids is 1. The fourth-order valence-corrected chi connectivity index (χ4v) is 2.89. The first kappa shape index (κ1) is 20.1. The van der Waals surface area contributed by atoms with Gasteiger partial charge in [-0.25, -0.2) is 4.79 Å². The molecule has 138 valence electrons. The summed E-state index contributed by atoms with van der Waals surface area (Å²) in [5.41, 5.74) is 2.04. The lowest BCUT2D eigenvalue weighted by atomic mass is 10.0. The maximum Gasteiger partial charge on any atom is 0.337 e. The first-order valence-corrected chi connectivity index (χ1v) is 8.70. The van der Waals surface area contributed by atoms with Crippen LogP contribution >= 0.6 is 23.2 Å². The number of hydrogen-bond donors (Lipinski definition) is 2. The summed E-state index contributed by atoms with van der Waals surface area (Å²) in [6, 6.07) is 8.34. The smallest absolute Gasteiger partial charge is 0.337 e. The van der Waals surface area contributed by atoms with Crippen molar-refractivity contribution in [3.63, 3.8) is 0 Å². The van der Waals surface area contributed by atoms with Crippen LogP contribution in [0.2, 0.25) is 10.0 Å². The summed E-state index contributed by atoms with van der Waals surface area (Å²) in [5.74, 6) is -0.775. The van der Waals surface area contributed by atoms with E-state index in [0.29, 0.717) is 5.75 Å². The molecule has 0 atom stereocenters. The number of ether oxygens (including phenoxy) is 1. The van der Waals surface area contributed by atoms with Gasteiger partial charge in [0, 0.05) is 0 Å². The Hall–Kier alpha value is -2.24. The van der Waals surface area contributed by atoms with E-state index >= 15 is 0 Å². The first-order valence-electron chi connectivity index (χ1n) is 7.94. The quantitative estimate of drug-likeness (QED) is 0.709. The minimum atomic E-state index is -1.21. The largest absolute Gasteiger partial charge is 0.483 e. The Labute approximate surface area is 161 Å². The van der Waals surface area contributed by atoms with Crippen LogP contribution in [0.5, 0.6) is 5.75 Å². The maximum absolute atomic E-state index is 12.2. The number of nitrogens with one attached hydrogen (secondary N) is 1. The molecule has 0 radical (unpaired) electrons. The third-order valence-electron chi connectivity index (χ3n) is 3.71. The molecule has 0 unspecified atom stereocenters. The van der Waals surface area contributed by atoms with E-state index in [-0.39, 0.29) is 33.8 Å². The Morgan fingerprint density at radius 1 is 1.15 bits per heavy atom. The zero-order valence-corrected chi connectivity index (χ0v) is 16.1. The number of carbonyl (C=O) groups excluding carboxylic acids is 1.